The first-order valence-electron chi connectivity index (χ1n) is 6.29. The van der Waals surface area contributed by atoms with E-state index in [1.807, 2.05) is 4.72 Å². The number of benzene rings is 1. The van der Waals surface area contributed by atoms with Crippen molar-refractivity contribution in [3.05, 3.63) is 57.8 Å². The molecule has 2 rings (SSSR count). The topological polar surface area (TPSA) is 85.4 Å². The summed E-state index contributed by atoms with van der Waals surface area (Å²) in [4.78, 5) is 15.9. The van der Waals surface area contributed by atoms with Crippen LogP contribution in [0.4, 0.5) is 0 Å². The van der Waals surface area contributed by atoms with Crippen LogP contribution in [0.15, 0.2) is 36.5 Å². The van der Waals surface area contributed by atoms with Crippen LogP contribution in [0.2, 0.25) is 10.2 Å². The SMILES string of the molecule is COc1cc(Cl)ccc1C(=O)NS(=O)(=O)Cc1ccc(Cl)nc1. The molecular weight excluding hydrogens is 363 g/mol. The van der Waals surface area contributed by atoms with Crippen LogP contribution >= 0.6 is 23.2 Å². The monoisotopic (exact) mass is 374 g/mol. The highest BCUT2D eigenvalue weighted by atomic mass is 35.5. The Morgan fingerprint density at radius 1 is 1.26 bits per heavy atom. The van der Waals surface area contributed by atoms with Gasteiger partial charge in [0.1, 0.15) is 10.9 Å². The molecule has 1 amide bonds. The molecule has 0 bridgehead atoms. The number of nitrogens with zero attached hydrogens (tertiary/aromatic N) is 1. The molecule has 0 atom stereocenters. The van der Waals surface area contributed by atoms with Crippen LogP contribution in [0.1, 0.15) is 15.9 Å². The molecule has 0 aliphatic carbocycles. The van der Waals surface area contributed by atoms with Crippen molar-refractivity contribution in [3.8, 4) is 5.75 Å². The number of nitrogens with one attached hydrogen (secondary N) is 1. The number of pyridine rings is 1. The second-order valence-electron chi connectivity index (χ2n) is 4.52. The van der Waals surface area contributed by atoms with Crippen LogP contribution in [-0.4, -0.2) is 26.4 Å². The van der Waals surface area contributed by atoms with E-state index < -0.39 is 21.7 Å². The fraction of sp³-hybridized carbons (Fsp3) is 0.143. The lowest BCUT2D eigenvalue weighted by atomic mass is 10.2. The molecule has 0 radical (unpaired) electrons. The van der Waals surface area contributed by atoms with Gasteiger partial charge in [-0.15, -0.1) is 0 Å². The van der Waals surface area contributed by atoms with E-state index in [1.54, 1.807) is 0 Å². The number of ether oxygens (including phenoxy) is 1. The minimum Gasteiger partial charge on any atom is -0.496 e. The van der Waals surface area contributed by atoms with Crippen LogP contribution in [0.25, 0.3) is 0 Å². The molecule has 2 aromatic rings. The summed E-state index contributed by atoms with van der Waals surface area (Å²) in [5.41, 5.74) is 0.465. The quantitative estimate of drug-likeness (QED) is 0.813. The van der Waals surface area contributed by atoms with Gasteiger partial charge in [0, 0.05) is 11.2 Å². The van der Waals surface area contributed by atoms with E-state index in [0.717, 1.165) is 0 Å². The first-order valence-corrected chi connectivity index (χ1v) is 8.70. The highest BCUT2D eigenvalue weighted by Gasteiger charge is 2.20. The summed E-state index contributed by atoms with van der Waals surface area (Å²) >= 11 is 11.4. The lowest BCUT2D eigenvalue weighted by Gasteiger charge is -2.10. The maximum atomic E-state index is 12.1. The third-order valence-corrected chi connectivity index (χ3v) is 4.47. The van der Waals surface area contributed by atoms with Crippen LogP contribution < -0.4 is 9.46 Å². The minimum atomic E-state index is -3.90. The van der Waals surface area contributed by atoms with Gasteiger partial charge in [0.15, 0.2) is 0 Å². The summed E-state index contributed by atoms with van der Waals surface area (Å²) in [6.45, 7) is 0. The maximum absolute atomic E-state index is 12.1. The number of hydrogen-bond acceptors (Lipinski definition) is 5. The van der Waals surface area contributed by atoms with Gasteiger partial charge in [-0.1, -0.05) is 29.3 Å². The van der Waals surface area contributed by atoms with Crippen molar-refractivity contribution in [2.75, 3.05) is 7.11 Å². The molecule has 23 heavy (non-hydrogen) atoms. The number of methoxy groups -OCH3 is 1. The highest BCUT2D eigenvalue weighted by Crippen LogP contribution is 2.23. The molecule has 1 aromatic heterocycles. The Hall–Kier alpha value is -1.83. The lowest BCUT2D eigenvalue weighted by molar-refractivity contribution is 0.0978. The summed E-state index contributed by atoms with van der Waals surface area (Å²) in [6, 6.07) is 7.26. The zero-order chi connectivity index (χ0) is 17.0. The van der Waals surface area contributed by atoms with Crippen molar-refractivity contribution in [2.45, 2.75) is 5.75 Å². The van der Waals surface area contributed by atoms with Crippen LogP contribution in [0.5, 0.6) is 5.75 Å². The molecule has 9 heteroatoms. The van der Waals surface area contributed by atoms with E-state index in [0.29, 0.717) is 10.6 Å². The molecule has 0 fully saturated rings. The molecule has 6 nitrogen and oxygen atoms in total. The Balaban J connectivity index is 2.17. The van der Waals surface area contributed by atoms with Crippen molar-refractivity contribution >= 4 is 39.1 Å². The zero-order valence-electron chi connectivity index (χ0n) is 11.9. The van der Waals surface area contributed by atoms with Gasteiger partial charge < -0.3 is 4.74 Å². The minimum absolute atomic E-state index is 0.0645. The summed E-state index contributed by atoms with van der Waals surface area (Å²) in [7, 11) is -2.54. The maximum Gasteiger partial charge on any atom is 0.268 e. The van der Waals surface area contributed by atoms with Crippen LogP contribution in [-0.2, 0) is 15.8 Å². The van der Waals surface area contributed by atoms with Crippen molar-refractivity contribution in [1.29, 1.82) is 0 Å². The third kappa shape index (κ3) is 4.82. The second-order valence-corrected chi connectivity index (χ2v) is 7.07. The number of carbonyl (C=O) groups is 1. The van der Waals surface area contributed by atoms with Gasteiger partial charge in [-0.3, -0.25) is 4.79 Å². The van der Waals surface area contributed by atoms with E-state index in [-0.39, 0.29) is 16.5 Å². The zero-order valence-corrected chi connectivity index (χ0v) is 14.2. The molecule has 1 N–H and O–H groups in total. The predicted octanol–water partition coefficient (Wildman–Crippen LogP) is 2.66. The number of aromatic nitrogens is 1. The Kier molecular flexibility index (Phi) is 5.46. The molecular formula is C14H12Cl2N2O4S. The number of halogens is 2. The van der Waals surface area contributed by atoms with Gasteiger partial charge in [-0.2, -0.15) is 0 Å². The van der Waals surface area contributed by atoms with Gasteiger partial charge in [0.05, 0.1) is 18.4 Å². The molecule has 0 unspecified atom stereocenters. The summed E-state index contributed by atoms with van der Waals surface area (Å²) in [5, 5.41) is 0.620. The average molecular weight is 375 g/mol. The fourth-order valence-corrected chi connectivity index (χ4v) is 3.14. The van der Waals surface area contributed by atoms with Crippen molar-refractivity contribution < 1.29 is 17.9 Å². The summed E-state index contributed by atoms with van der Waals surface area (Å²) < 4.78 is 31.2. The van der Waals surface area contributed by atoms with Gasteiger partial charge >= 0.3 is 0 Å². The number of sulfonamides is 1. The number of hydrogen-bond donors (Lipinski definition) is 1. The standard InChI is InChI=1S/C14H12Cl2N2O4S/c1-22-12-6-10(15)3-4-11(12)14(19)18-23(20,21)8-9-2-5-13(16)17-7-9/h2-7H,8H2,1H3,(H,18,19). The van der Waals surface area contributed by atoms with Gasteiger partial charge in [0.2, 0.25) is 10.0 Å². The molecule has 0 spiro atoms. The molecule has 0 aliphatic heterocycles. The van der Waals surface area contributed by atoms with E-state index >= 15 is 0 Å². The van der Waals surface area contributed by atoms with Crippen molar-refractivity contribution in [2.24, 2.45) is 0 Å². The van der Waals surface area contributed by atoms with Crippen LogP contribution in [0.3, 0.4) is 0 Å². The lowest BCUT2D eigenvalue weighted by Crippen LogP contribution is -2.31. The van der Waals surface area contributed by atoms with Gasteiger partial charge in [-0.25, -0.2) is 18.1 Å². The molecule has 122 valence electrons. The molecule has 0 saturated heterocycles. The Labute approximate surface area is 143 Å². The summed E-state index contributed by atoms with van der Waals surface area (Å²) in [5.74, 6) is -1.03. The van der Waals surface area contributed by atoms with Crippen LogP contribution in [0, 0.1) is 0 Å². The Bertz CT molecular complexity index is 823. The first-order chi connectivity index (χ1) is 10.8. The Morgan fingerprint density at radius 3 is 2.61 bits per heavy atom. The van der Waals surface area contributed by atoms with E-state index in [2.05, 4.69) is 4.98 Å². The largest absolute Gasteiger partial charge is 0.496 e. The van der Waals surface area contributed by atoms with Gasteiger partial charge in [-0.05, 0) is 29.8 Å². The number of rotatable bonds is 5. The van der Waals surface area contributed by atoms with Crippen molar-refractivity contribution in [3.63, 3.8) is 0 Å². The second kappa shape index (κ2) is 7.16. The highest BCUT2D eigenvalue weighted by molar-refractivity contribution is 7.89. The molecule has 0 aliphatic rings. The smallest absolute Gasteiger partial charge is 0.268 e. The predicted molar refractivity (Wildman–Crippen MR) is 87.3 cm³/mol. The summed E-state index contributed by atoms with van der Waals surface area (Å²) in [6.07, 6.45) is 1.33. The molecule has 0 saturated carbocycles. The molecule has 1 heterocycles. The normalized spacial score (nSPS) is 11.1. The van der Waals surface area contributed by atoms with E-state index in [9.17, 15) is 13.2 Å². The fourth-order valence-electron chi connectivity index (χ4n) is 1.80. The van der Waals surface area contributed by atoms with Gasteiger partial charge in [0.25, 0.3) is 5.91 Å². The average Bonchev–Trinajstić information content (AvgIpc) is 2.48. The number of amides is 1. The van der Waals surface area contributed by atoms with E-state index in [4.69, 9.17) is 27.9 Å². The van der Waals surface area contributed by atoms with Crippen molar-refractivity contribution in [1.82, 2.24) is 9.71 Å². The Morgan fingerprint density at radius 2 is 2.00 bits per heavy atom. The number of carbonyl (C=O) groups excluding carboxylic acids is 1. The molecule has 1 aromatic carbocycles. The van der Waals surface area contributed by atoms with E-state index in [1.165, 1.54) is 43.6 Å². The third-order valence-electron chi connectivity index (χ3n) is 2.80. The first kappa shape index (κ1) is 17.5.